The molecule has 0 saturated carbocycles. The largest absolute Gasteiger partial charge is 0.497 e. The molecule has 1 aromatic rings. The predicted molar refractivity (Wildman–Crippen MR) is 72.2 cm³/mol. The van der Waals surface area contributed by atoms with Crippen molar-refractivity contribution in [2.75, 3.05) is 20.8 Å². The molecular weight excluding hydrogens is 230 g/mol. The lowest BCUT2D eigenvalue weighted by molar-refractivity contribution is 0.0408. The summed E-state index contributed by atoms with van der Waals surface area (Å²) in [6.07, 6.45) is 0.863. The molecule has 0 radical (unpaired) electrons. The van der Waals surface area contributed by atoms with Crippen molar-refractivity contribution in [3.63, 3.8) is 0 Å². The van der Waals surface area contributed by atoms with Gasteiger partial charge in [-0.25, -0.2) is 0 Å². The highest BCUT2D eigenvalue weighted by molar-refractivity contribution is 5.42. The van der Waals surface area contributed by atoms with Crippen molar-refractivity contribution < 1.29 is 14.2 Å². The van der Waals surface area contributed by atoms with E-state index in [-0.39, 0.29) is 12.1 Å². The van der Waals surface area contributed by atoms with Crippen molar-refractivity contribution in [3.05, 3.63) is 23.8 Å². The second-order valence-electron chi connectivity index (χ2n) is 4.04. The van der Waals surface area contributed by atoms with Crippen LogP contribution in [0.15, 0.2) is 18.2 Å². The summed E-state index contributed by atoms with van der Waals surface area (Å²) in [6.45, 7) is 4.70. The molecule has 1 aromatic carbocycles. The van der Waals surface area contributed by atoms with E-state index in [1.165, 1.54) is 0 Å². The number of ether oxygens (including phenoxy) is 3. The monoisotopic (exact) mass is 253 g/mol. The number of methoxy groups -OCH3 is 2. The Labute approximate surface area is 109 Å². The minimum absolute atomic E-state index is 0.00250. The van der Waals surface area contributed by atoms with E-state index in [0.29, 0.717) is 6.61 Å². The number of hydrogen-bond acceptors (Lipinski definition) is 4. The lowest BCUT2D eigenvalue weighted by Gasteiger charge is -2.24. The van der Waals surface area contributed by atoms with E-state index in [1.54, 1.807) is 14.2 Å². The second-order valence-corrected chi connectivity index (χ2v) is 4.04. The summed E-state index contributed by atoms with van der Waals surface area (Å²) in [5.41, 5.74) is 7.20. The Morgan fingerprint density at radius 3 is 2.39 bits per heavy atom. The minimum atomic E-state index is -0.198. The van der Waals surface area contributed by atoms with Gasteiger partial charge in [-0.3, -0.25) is 0 Å². The lowest BCUT2D eigenvalue weighted by Crippen LogP contribution is -2.28. The Hall–Kier alpha value is -1.26. The summed E-state index contributed by atoms with van der Waals surface area (Å²) >= 11 is 0. The molecule has 1 rings (SSSR count). The van der Waals surface area contributed by atoms with Crippen molar-refractivity contribution in [1.29, 1.82) is 0 Å². The van der Waals surface area contributed by atoms with Gasteiger partial charge in [-0.1, -0.05) is 6.92 Å². The van der Waals surface area contributed by atoms with Crippen LogP contribution < -0.4 is 15.2 Å². The fourth-order valence-corrected chi connectivity index (χ4v) is 1.98. The van der Waals surface area contributed by atoms with Gasteiger partial charge in [-0.05, 0) is 25.5 Å². The van der Waals surface area contributed by atoms with E-state index < -0.39 is 0 Å². The number of nitrogens with two attached hydrogens (primary N) is 1. The maximum Gasteiger partial charge on any atom is 0.127 e. The van der Waals surface area contributed by atoms with Gasteiger partial charge in [-0.2, -0.15) is 0 Å². The Bertz CT molecular complexity index is 368. The molecule has 0 aliphatic rings. The van der Waals surface area contributed by atoms with Gasteiger partial charge in [0.25, 0.3) is 0 Å². The Morgan fingerprint density at radius 1 is 1.17 bits per heavy atom. The van der Waals surface area contributed by atoms with Crippen molar-refractivity contribution in [1.82, 2.24) is 0 Å². The normalized spacial score (nSPS) is 14.1. The summed E-state index contributed by atoms with van der Waals surface area (Å²) in [4.78, 5) is 0. The van der Waals surface area contributed by atoms with Crippen LogP contribution in [-0.4, -0.2) is 26.9 Å². The first kappa shape index (κ1) is 14.8. The molecule has 0 amide bonds. The molecule has 2 atom stereocenters. The van der Waals surface area contributed by atoms with Crippen LogP contribution in [-0.2, 0) is 4.74 Å². The molecule has 0 saturated heterocycles. The first-order valence-corrected chi connectivity index (χ1v) is 6.26. The second kappa shape index (κ2) is 7.24. The zero-order valence-corrected chi connectivity index (χ0v) is 11.6. The van der Waals surface area contributed by atoms with Gasteiger partial charge in [-0.15, -0.1) is 0 Å². The summed E-state index contributed by atoms with van der Waals surface area (Å²) in [5.74, 6) is 1.49. The molecule has 0 spiro atoms. The van der Waals surface area contributed by atoms with Crippen LogP contribution in [0, 0.1) is 0 Å². The van der Waals surface area contributed by atoms with Crippen LogP contribution >= 0.6 is 0 Å². The molecule has 18 heavy (non-hydrogen) atoms. The number of hydrogen-bond donors (Lipinski definition) is 1. The first-order chi connectivity index (χ1) is 8.67. The Morgan fingerprint density at radius 2 is 1.89 bits per heavy atom. The van der Waals surface area contributed by atoms with Crippen molar-refractivity contribution in [3.8, 4) is 11.5 Å². The quantitative estimate of drug-likeness (QED) is 0.811. The van der Waals surface area contributed by atoms with Gasteiger partial charge in [0.15, 0.2) is 0 Å². The Balaban J connectivity index is 2.99. The van der Waals surface area contributed by atoms with E-state index in [0.717, 1.165) is 23.5 Å². The molecule has 0 fully saturated rings. The highest BCUT2D eigenvalue weighted by atomic mass is 16.5. The zero-order valence-electron chi connectivity index (χ0n) is 11.6. The van der Waals surface area contributed by atoms with E-state index in [2.05, 4.69) is 6.92 Å². The predicted octanol–water partition coefficient (Wildman–Crippen LogP) is 2.52. The van der Waals surface area contributed by atoms with Crippen LogP contribution in [0.1, 0.15) is 31.9 Å². The van der Waals surface area contributed by atoms with Crippen molar-refractivity contribution in [2.24, 2.45) is 5.73 Å². The van der Waals surface area contributed by atoms with Crippen molar-refractivity contribution in [2.45, 2.75) is 32.4 Å². The summed E-state index contributed by atoms with van der Waals surface area (Å²) in [5, 5.41) is 0. The van der Waals surface area contributed by atoms with Crippen LogP contribution in [0.4, 0.5) is 0 Å². The fraction of sp³-hybridized carbons (Fsp3) is 0.571. The minimum Gasteiger partial charge on any atom is -0.497 e. The van der Waals surface area contributed by atoms with Crippen LogP contribution in [0.25, 0.3) is 0 Å². The average Bonchev–Trinajstić information content (AvgIpc) is 2.43. The Kier molecular flexibility index (Phi) is 5.95. The number of benzene rings is 1. The van der Waals surface area contributed by atoms with E-state index in [1.807, 2.05) is 25.1 Å². The summed E-state index contributed by atoms with van der Waals surface area (Å²) in [7, 11) is 3.26. The average molecular weight is 253 g/mol. The van der Waals surface area contributed by atoms with Gasteiger partial charge >= 0.3 is 0 Å². The molecular formula is C14H23NO3. The highest BCUT2D eigenvalue weighted by Gasteiger charge is 2.21. The van der Waals surface area contributed by atoms with Gasteiger partial charge < -0.3 is 19.9 Å². The van der Waals surface area contributed by atoms with E-state index in [4.69, 9.17) is 19.9 Å². The smallest absolute Gasteiger partial charge is 0.127 e. The van der Waals surface area contributed by atoms with Crippen LogP contribution in [0.3, 0.4) is 0 Å². The third-order valence-corrected chi connectivity index (χ3v) is 2.98. The third kappa shape index (κ3) is 3.37. The molecule has 102 valence electrons. The molecule has 2 N–H and O–H groups in total. The molecule has 4 heteroatoms. The SMILES string of the molecule is CCOC(CC)C(N)c1ccc(OC)cc1OC. The maximum absolute atomic E-state index is 6.26. The van der Waals surface area contributed by atoms with Gasteiger partial charge in [0, 0.05) is 18.2 Å². The molecule has 4 nitrogen and oxygen atoms in total. The zero-order chi connectivity index (χ0) is 13.5. The molecule has 0 aromatic heterocycles. The molecule has 0 aliphatic heterocycles. The van der Waals surface area contributed by atoms with Gasteiger partial charge in [0.05, 0.1) is 26.4 Å². The highest BCUT2D eigenvalue weighted by Crippen LogP contribution is 2.31. The number of rotatable bonds is 7. The van der Waals surface area contributed by atoms with Crippen LogP contribution in [0.2, 0.25) is 0 Å². The first-order valence-electron chi connectivity index (χ1n) is 6.26. The summed E-state index contributed by atoms with van der Waals surface area (Å²) < 4.78 is 16.2. The lowest BCUT2D eigenvalue weighted by atomic mass is 9.99. The molecule has 0 bridgehead atoms. The summed E-state index contributed by atoms with van der Waals surface area (Å²) in [6, 6.07) is 5.46. The maximum atomic E-state index is 6.26. The third-order valence-electron chi connectivity index (χ3n) is 2.98. The van der Waals surface area contributed by atoms with Crippen molar-refractivity contribution >= 4 is 0 Å². The molecule has 0 heterocycles. The van der Waals surface area contributed by atoms with Gasteiger partial charge in [0.1, 0.15) is 11.5 Å². The fourth-order valence-electron chi connectivity index (χ4n) is 1.98. The van der Waals surface area contributed by atoms with E-state index in [9.17, 15) is 0 Å². The standard InChI is InChI=1S/C14H23NO3/c1-5-12(18-6-2)14(15)11-8-7-10(16-3)9-13(11)17-4/h7-9,12,14H,5-6,15H2,1-4H3. The molecule has 0 aliphatic carbocycles. The topological polar surface area (TPSA) is 53.7 Å². The van der Waals surface area contributed by atoms with Gasteiger partial charge in [0.2, 0.25) is 0 Å². The van der Waals surface area contributed by atoms with E-state index >= 15 is 0 Å². The van der Waals surface area contributed by atoms with Crippen LogP contribution in [0.5, 0.6) is 11.5 Å². The molecule has 2 unspecified atom stereocenters.